The summed E-state index contributed by atoms with van der Waals surface area (Å²) in [5.74, 6) is 0.417. The van der Waals surface area contributed by atoms with Crippen molar-refractivity contribution in [3.05, 3.63) is 40.8 Å². The third-order valence-electron chi connectivity index (χ3n) is 3.84. The van der Waals surface area contributed by atoms with Gasteiger partial charge in [-0.3, -0.25) is 9.89 Å². The number of carbonyl (C=O) groups is 1. The number of fused-ring (bicyclic) bond motifs is 1. The van der Waals surface area contributed by atoms with E-state index in [1.54, 1.807) is 6.20 Å². The topological polar surface area (TPSA) is 79.9 Å². The average molecular weight is 300 g/mol. The van der Waals surface area contributed by atoms with E-state index in [1.807, 2.05) is 19.1 Å². The number of nitrogens with one attached hydrogen (secondary N) is 2. The van der Waals surface area contributed by atoms with Gasteiger partial charge in [0.15, 0.2) is 5.69 Å². The second kappa shape index (κ2) is 6.60. The van der Waals surface area contributed by atoms with Crippen molar-refractivity contribution >= 4 is 5.91 Å². The maximum absolute atomic E-state index is 12.4. The third kappa shape index (κ3) is 2.95. The molecule has 6 heteroatoms. The van der Waals surface area contributed by atoms with E-state index in [-0.39, 0.29) is 5.91 Å². The van der Waals surface area contributed by atoms with Crippen LogP contribution in [0.1, 0.15) is 47.1 Å². The number of rotatable bonds is 5. The van der Waals surface area contributed by atoms with Crippen LogP contribution in [0.15, 0.2) is 18.3 Å². The van der Waals surface area contributed by atoms with E-state index in [9.17, 15) is 4.79 Å². The van der Waals surface area contributed by atoms with Crippen LogP contribution in [0.4, 0.5) is 0 Å². The first kappa shape index (κ1) is 14.6. The van der Waals surface area contributed by atoms with E-state index in [0.717, 1.165) is 42.5 Å². The van der Waals surface area contributed by atoms with Crippen molar-refractivity contribution in [2.45, 2.75) is 39.2 Å². The number of pyridine rings is 1. The molecule has 0 bridgehead atoms. The van der Waals surface area contributed by atoms with Crippen molar-refractivity contribution in [1.29, 1.82) is 0 Å². The number of aromatic amines is 1. The Labute approximate surface area is 129 Å². The second-order valence-electron chi connectivity index (χ2n) is 5.32. The number of carbonyl (C=O) groups excluding carboxylic acids is 1. The molecule has 3 rings (SSSR count). The Morgan fingerprint density at radius 1 is 1.41 bits per heavy atom. The van der Waals surface area contributed by atoms with Gasteiger partial charge < -0.3 is 10.1 Å². The van der Waals surface area contributed by atoms with Crippen LogP contribution >= 0.6 is 0 Å². The number of ether oxygens (including phenoxy) is 1. The lowest BCUT2D eigenvalue weighted by Gasteiger charge is -2.12. The molecule has 0 unspecified atom stereocenters. The molecule has 0 spiro atoms. The standard InChI is InChI=1S/C16H20N4O2/c1-2-22-16-11(6-5-9-17-16)10-18-15(21)14-12-7-3-4-8-13(12)19-20-14/h5-6,9H,2-4,7-8,10H2,1H3,(H,18,21)(H,19,20). The first-order valence-electron chi connectivity index (χ1n) is 7.70. The maximum atomic E-state index is 12.4. The van der Waals surface area contributed by atoms with Gasteiger partial charge in [-0.15, -0.1) is 0 Å². The molecule has 1 aliphatic rings. The van der Waals surface area contributed by atoms with Crippen LogP contribution in [0.5, 0.6) is 5.88 Å². The first-order chi connectivity index (χ1) is 10.8. The number of aryl methyl sites for hydroxylation is 1. The van der Waals surface area contributed by atoms with Crippen LogP contribution in [0.2, 0.25) is 0 Å². The maximum Gasteiger partial charge on any atom is 0.272 e. The van der Waals surface area contributed by atoms with Crippen molar-refractivity contribution in [3.8, 4) is 5.88 Å². The minimum Gasteiger partial charge on any atom is -0.478 e. The van der Waals surface area contributed by atoms with Crippen molar-refractivity contribution in [2.24, 2.45) is 0 Å². The van der Waals surface area contributed by atoms with Crippen LogP contribution in [-0.4, -0.2) is 27.7 Å². The molecule has 0 saturated carbocycles. The van der Waals surface area contributed by atoms with Crippen molar-refractivity contribution in [2.75, 3.05) is 6.61 Å². The predicted octanol–water partition coefficient (Wildman–Crippen LogP) is 2.01. The highest BCUT2D eigenvalue weighted by Gasteiger charge is 2.21. The fraction of sp³-hybridized carbons (Fsp3) is 0.438. The van der Waals surface area contributed by atoms with Gasteiger partial charge in [-0.25, -0.2) is 4.98 Å². The number of nitrogens with zero attached hydrogens (tertiary/aromatic N) is 2. The molecule has 22 heavy (non-hydrogen) atoms. The van der Waals surface area contributed by atoms with E-state index in [4.69, 9.17) is 4.74 Å². The summed E-state index contributed by atoms with van der Waals surface area (Å²) in [4.78, 5) is 16.5. The van der Waals surface area contributed by atoms with Gasteiger partial charge in [0, 0.05) is 29.6 Å². The summed E-state index contributed by atoms with van der Waals surface area (Å²) in [6.45, 7) is 2.83. The van der Waals surface area contributed by atoms with Gasteiger partial charge >= 0.3 is 0 Å². The van der Waals surface area contributed by atoms with E-state index in [0.29, 0.717) is 24.7 Å². The zero-order valence-electron chi connectivity index (χ0n) is 12.7. The average Bonchev–Trinajstić information content (AvgIpc) is 2.98. The fourth-order valence-corrected chi connectivity index (χ4v) is 2.75. The van der Waals surface area contributed by atoms with Crippen LogP contribution in [0.3, 0.4) is 0 Å². The molecule has 0 saturated heterocycles. The molecule has 0 atom stereocenters. The molecule has 2 aromatic heterocycles. The molecule has 1 amide bonds. The number of aromatic nitrogens is 3. The molecular weight excluding hydrogens is 280 g/mol. The summed E-state index contributed by atoms with van der Waals surface area (Å²) in [5, 5.41) is 10.1. The minimum atomic E-state index is -0.147. The Balaban J connectivity index is 1.69. The summed E-state index contributed by atoms with van der Waals surface area (Å²) in [6, 6.07) is 3.73. The van der Waals surface area contributed by atoms with E-state index in [1.165, 1.54) is 0 Å². The van der Waals surface area contributed by atoms with Gasteiger partial charge in [0.05, 0.1) is 6.61 Å². The molecule has 1 aliphatic carbocycles. The van der Waals surface area contributed by atoms with Crippen molar-refractivity contribution in [1.82, 2.24) is 20.5 Å². The Morgan fingerprint density at radius 2 is 2.27 bits per heavy atom. The monoisotopic (exact) mass is 300 g/mol. The van der Waals surface area contributed by atoms with Crippen LogP contribution in [-0.2, 0) is 19.4 Å². The van der Waals surface area contributed by atoms with E-state index < -0.39 is 0 Å². The quantitative estimate of drug-likeness (QED) is 0.885. The summed E-state index contributed by atoms with van der Waals surface area (Å²) >= 11 is 0. The summed E-state index contributed by atoms with van der Waals surface area (Å²) < 4.78 is 5.47. The van der Waals surface area contributed by atoms with Crippen molar-refractivity contribution < 1.29 is 9.53 Å². The molecule has 2 heterocycles. The molecule has 0 fully saturated rings. The van der Waals surface area contributed by atoms with Crippen molar-refractivity contribution in [3.63, 3.8) is 0 Å². The molecule has 0 aromatic carbocycles. The SMILES string of the molecule is CCOc1ncccc1CNC(=O)c1n[nH]c2c1CCCC2. The van der Waals surface area contributed by atoms with Gasteiger partial charge in [-0.2, -0.15) is 5.10 Å². The summed E-state index contributed by atoms with van der Waals surface area (Å²) in [7, 11) is 0. The third-order valence-corrected chi connectivity index (χ3v) is 3.84. The van der Waals surface area contributed by atoms with Gasteiger partial charge in [-0.05, 0) is 38.7 Å². The Bertz CT molecular complexity index is 666. The summed E-state index contributed by atoms with van der Waals surface area (Å²) in [5.41, 5.74) is 3.56. The first-order valence-corrected chi connectivity index (χ1v) is 7.70. The molecule has 0 radical (unpaired) electrons. The zero-order chi connectivity index (χ0) is 15.4. The summed E-state index contributed by atoms with van der Waals surface area (Å²) in [6.07, 6.45) is 5.85. The highest BCUT2D eigenvalue weighted by Crippen LogP contribution is 2.22. The second-order valence-corrected chi connectivity index (χ2v) is 5.32. The largest absolute Gasteiger partial charge is 0.478 e. The molecule has 6 nitrogen and oxygen atoms in total. The lowest BCUT2D eigenvalue weighted by molar-refractivity contribution is 0.0944. The Kier molecular flexibility index (Phi) is 4.37. The lowest BCUT2D eigenvalue weighted by Crippen LogP contribution is -2.25. The van der Waals surface area contributed by atoms with Gasteiger partial charge in [0.1, 0.15) is 0 Å². The highest BCUT2D eigenvalue weighted by molar-refractivity contribution is 5.94. The van der Waals surface area contributed by atoms with Gasteiger partial charge in [-0.1, -0.05) is 6.07 Å². The predicted molar refractivity (Wildman–Crippen MR) is 81.8 cm³/mol. The Morgan fingerprint density at radius 3 is 3.14 bits per heavy atom. The normalized spacial score (nSPS) is 13.5. The van der Waals surface area contributed by atoms with Gasteiger partial charge in [0.2, 0.25) is 5.88 Å². The molecule has 2 aromatic rings. The van der Waals surface area contributed by atoms with Crippen LogP contribution < -0.4 is 10.1 Å². The Hall–Kier alpha value is -2.37. The minimum absolute atomic E-state index is 0.147. The van der Waals surface area contributed by atoms with E-state index in [2.05, 4.69) is 20.5 Å². The number of hydrogen-bond acceptors (Lipinski definition) is 4. The number of H-pyrrole nitrogens is 1. The fourth-order valence-electron chi connectivity index (χ4n) is 2.75. The van der Waals surface area contributed by atoms with Gasteiger partial charge in [0.25, 0.3) is 5.91 Å². The molecular formula is C16H20N4O2. The van der Waals surface area contributed by atoms with Crippen LogP contribution in [0.25, 0.3) is 0 Å². The molecule has 2 N–H and O–H groups in total. The van der Waals surface area contributed by atoms with E-state index >= 15 is 0 Å². The zero-order valence-corrected chi connectivity index (χ0v) is 12.7. The van der Waals surface area contributed by atoms with Crippen LogP contribution in [0, 0.1) is 0 Å². The number of hydrogen-bond donors (Lipinski definition) is 2. The highest BCUT2D eigenvalue weighted by atomic mass is 16.5. The molecule has 0 aliphatic heterocycles. The smallest absolute Gasteiger partial charge is 0.272 e. The lowest BCUT2D eigenvalue weighted by atomic mass is 9.96. The number of amides is 1. The molecule has 116 valence electrons.